The van der Waals surface area contributed by atoms with Gasteiger partial charge in [-0.25, -0.2) is 0 Å². The molecule has 4 N–H and O–H groups in total. The minimum absolute atomic E-state index is 0.366. The number of ether oxygens (including phenoxy) is 1. The molecule has 0 radical (unpaired) electrons. The summed E-state index contributed by atoms with van der Waals surface area (Å²) in [5.41, 5.74) is 0. The first-order valence-corrected chi connectivity index (χ1v) is 3.88. The van der Waals surface area contributed by atoms with E-state index < -0.39 is 30.5 Å². The molecule has 0 bridgehead atoms. The van der Waals surface area contributed by atoms with Gasteiger partial charge >= 0.3 is 0 Å². The molecule has 5 atom stereocenters. The SMILES string of the molecule is C[C@H]1OC(CO)C(O)C(O)C1O. The van der Waals surface area contributed by atoms with Gasteiger partial charge in [-0.05, 0) is 6.92 Å². The third-order valence-electron chi connectivity index (χ3n) is 2.13. The molecule has 0 saturated carbocycles. The van der Waals surface area contributed by atoms with E-state index in [1.807, 2.05) is 0 Å². The summed E-state index contributed by atoms with van der Waals surface area (Å²) in [7, 11) is 0. The van der Waals surface area contributed by atoms with Crippen LogP contribution in [0, 0.1) is 0 Å². The number of hydrogen-bond donors (Lipinski definition) is 4. The second-order valence-electron chi connectivity index (χ2n) is 3.03. The lowest BCUT2D eigenvalue weighted by Gasteiger charge is -2.38. The highest BCUT2D eigenvalue weighted by Crippen LogP contribution is 2.20. The first-order valence-electron chi connectivity index (χ1n) is 3.88. The second-order valence-corrected chi connectivity index (χ2v) is 3.03. The van der Waals surface area contributed by atoms with Crippen LogP contribution in [0.15, 0.2) is 0 Å². The van der Waals surface area contributed by atoms with E-state index in [1.165, 1.54) is 0 Å². The Hall–Kier alpha value is -0.200. The van der Waals surface area contributed by atoms with Crippen molar-refractivity contribution in [1.29, 1.82) is 0 Å². The van der Waals surface area contributed by atoms with Crippen molar-refractivity contribution >= 4 is 0 Å². The fourth-order valence-corrected chi connectivity index (χ4v) is 1.29. The van der Waals surface area contributed by atoms with E-state index in [0.717, 1.165) is 0 Å². The summed E-state index contributed by atoms with van der Waals surface area (Å²) in [4.78, 5) is 0. The van der Waals surface area contributed by atoms with Crippen LogP contribution in [-0.2, 0) is 4.74 Å². The maximum Gasteiger partial charge on any atom is 0.111 e. The molecule has 0 amide bonds. The molecule has 4 unspecified atom stereocenters. The van der Waals surface area contributed by atoms with E-state index in [2.05, 4.69) is 0 Å². The molecule has 5 nitrogen and oxygen atoms in total. The topological polar surface area (TPSA) is 90.2 Å². The molecule has 0 aromatic rings. The van der Waals surface area contributed by atoms with Gasteiger partial charge in [0.15, 0.2) is 0 Å². The minimum Gasteiger partial charge on any atom is -0.394 e. The molecule has 0 aromatic heterocycles. The molecule has 1 saturated heterocycles. The predicted octanol–water partition coefficient (Wildman–Crippen LogP) is -2.15. The van der Waals surface area contributed by atoms with Crippen LogP contribution in [-0.4, -0.2) is 57.6 Å². The van der Waals surface area contributed by atoms with Crippen molar-refractivity contribution in [2.24, 2.45) is 0 Å². The summed E-state index contributed by atoms with van der Waals surface area (Å²) in [6.45, 7) is 1.21. The van der Waals surface area contributed by atoms with Crippen LogP contribution in [0.25, 0.3) is 0 Å². The predicted molar refractivity (Wildman–Crippen MR) is 39.4 cm³/mol. The van der Waals surface area contributed by atoms with E-state index in [-0.39, 0.29) is 6.61 Å². The smallest absolute Gasteiger partial charge is 0.111 e. The van der Waals surface area contributed by atoms with Gasteiger partial charge in [0.1, 0.15) is 24.4 Å². The van der Waals surface area contributed by atoms with Crippen molar-refractivity contribution in [3.05, 3.63) is 0 Å². The van der Waals surface area contributed by atoms with Crippen LogP contribution in [0.1, 0.15) is 6.92 Å². The van der Waals surface area contributed by atoms with Gasteiger partial charge in [-0.3, -0.25) is 0 Å². The van der Waals surface area contributed by atoms with Gasteiger partial charge in [-0.15, -0.1) is 0 Å². The van der Waals surface area contributed by atoms with Gasteiger partial charge in [0.25, 0.3) is 0 Å². The minimum atomic E-state index is -1.24. The normalized spacial score (nSPS) is 49.2. The zero-order valence-electron chi connectivity index (χ0n) is 6.79. The van der Waals surface area contributed by atoms with Crippen molar-refractivity contribution in [3.8, 4) is 0 Å². The van der Waals surface area contributed by atoms with Crippen molar-refractivity contribution < 1.29 is 25.2 Å². The molecule has 72 valence electrons. The molecule has 0 aromatic carbocycles. The molecule has 1 heterocycles. The Balaban J connectivity index is 2.63. The zero-order valence-corrected chi connectivity index (χ0v) is 6.79. The molecule has 5 heteroatoms. The lowest BCUT2D eigenvalue weighted by molar-refractivity contribution is -0.224. The summed E-state index contributed by atoms with van der Waals surface area (Å²) in [6, 6.07) is 0. The summed E-state index contributed by atoms with van der Waals surface area (Å²) in [6.07, 6.45) is -4.94. The zero-order chi connectivity index (χ0) is 9.30. The summed E-state index contributed by atoms with van der Waals surface area (Å²) < 4.78 is 5.02. The van der Waals surface area contributed by atoms with Gasteiger partial charge in [0.05, 0.1) is 12.7 Å². The number of rotatable bonds is 1. The Morgan fingerprint density at radius 3 is 2.17 bits per heavy atom. The molecular formula is C7H14O5. The average Bonchev–Trinajstić information content (AvgIpc) is 2.08. The number of aliphatic hydroxyl groups is 4. The Kier molecular flexibility index (Phi) is 3.03. The number of aliphatic hydroxyl groups excluding tert-OH is 4. The quantitative estimate of drug-likeness (QED) is 0.367. The Morgan fingerprint density at radius 1 is 1.08 bits per heavy atom. The highest BCUT2D eigenvalue weighted by molar-refractivity contribution is 4.89. The van der Waals surface area contributed by atoms with Crippen LogP contribution in [0.3, 0.4) is 0 Å². The Morgan fingerprint density at radius 2 is 1.67 bits per heavy atom. The highest BCUT2D eigenvalue weighted by atomic mass is 16.5. The van der Waals surface area contributed by atoms with E-state index in [9.17, 15) is 15.3 Å². The Labute approximate surface area is 70.2 Å². The lowest BCUT2D eigenvalue weighted by Crippen LogP contribution is -2.57. The van der Waals surface area contributed by atoms with Crippen molar-refractivity contribution in [2.45, 2.75) is 37.4 Å². The van der Waals surface area contributed by atoms with Crippen LogP contribution >= 0.6 is 0 Å². The lowest BCUT2D eigenvalue weighted by atomic mass is 9.96. The van der Waals surface area contributed by atoms with Gasteiger partial charge in [0, 0.05) is 0 Å². The molecule has 0 spiro atoms. The number of hydrogen-bond acceptors (Lipinski definition) is 5. The van der Waals surface area contributed by atoms with Gasteiger partial charge in [-0.2, -0.15) is 0 Å². The first-order chi connectivity index (χ1) is 5.57. The fraction of sp³-hybridized carbons (Fsp3) is 1.00. The van der Waals surface area contributed by atoms with Crippen LogP contribution in [0.5, 0.6) is 0 Å². The molecule has 0 aliphatic carbocycles. The van der Waals surface area contributed by atoms with Gasteiger partial charge in [0.2, 0.25) is 0 Å². The molecule has 1 rings (SSSR count). The third-order valence-corrected chi connectivity index (χ3v) is 2.13. The largest absolute Gasteiger partial charge is 0.394 e. The van der Waals surface area contributed by atoms with Crippen LogP contribution < -0.4 is 0 Å². The van der Waals surface area contributed by atoms with E-state index >= 15 is 0 Å². The highest BCUT2D eigenvalue weighted by Gasteiger charge is 2.41. The second kappa shape index (κ2) is 3.68. The van der Waals surface area contributed by atoms with Crippen LogP contribution in [0.2, 0.25) is 0 Å². The van der Waals surface area contributed by atoms with Gasteiger partial charge < -0.3 is 25.2 Å². The third kappa shape index (κ3) is 1.60. The maximum atomic E-state index is 9.23. The standard InChI is InChI=1S/C7H14O5/c1-3-5(9)7(11)6(10)4(2-8)12-3/h3-11H,2H2,1H3/t3-,4?,5?,6?,7?/m1/s1. The monoisotopic (exact) mass is 178 g/mol. The average molecular weight is 178 g/mol. The van der Waals surface area contributed by atoms with Crippen molar-refractivity contribution in [2.75, 3.05) is 6.61 Å². The fourth-order valence-electron chi connectivity index (χ4n) is 1.29. The molecular weight excluding hydrogens is 164 g/mol. The molecule has 1 fully saturated rings. The molecule has 12 heavy (non-hydrogen) atoms. The van der Waals surface area contributed by atoms with Gasteiger partial charge in [-0.1, -0.05) is 0 Å². The molecule has 1 aliphatic rings. The van der Waals surface area contributed by atoms with Crippen LogP contribution in [0.4, 0.5) is 0 Å². The van der Waals surface area contributed by atoms with E-state index in [0.29, 0.717) is 0 Å². The van der Waals surface area contributed by atoms with Crippen molar-refractivity contribution in [1.82, 2.24) is 0 Å². The Bertz CT molecular complexity index is 146. The maximum absolute atomic E-state index is 9.23. The van der Waals surface area contributed by atoms with E-state index in [4.69, 9.17) is 9.84 Å². The molecule has 1 aliphatic heterocycles. The first kappa shape index (κ1) is 9.88. The summed E-state index contributed by atoms with van der Waals surface area (Å²) >= 11 is 0. The van der Waals surface area contributed by atoms with Crippen molar-refractivity contribution in [3.63, 3.8) is 0 Å². The summed E-state index contributed by atoms with van der Waals surface area (Å²) in [5, 5.41) is 36.4. The van der Waals surface area contributed by atoms with E-state index in [1.54, 1.807) is 6.92 Å². The summed E-state index contributed by atoms with van der Waals surface area (Å²) in [5.74, 6) is 0.